The molecule has 0 unspecified atom stereocenters. The number of nitrogens with zero attached hydrogens (tertiary/aromatic N) is 1. The Hall–Kier alpha value is -2.35. The fourth-order valence-electron chi connectivity index (χ4n) is 2.50. The Labute approximate surface area is 161 Å². The van der Waals surface area contributed by atoms with E-state index in [2.05, 4.69) is 20.4 Å². The minimum Gasteiger partial charge on any atom is -0.434 e. The van der Waals surface area contributed by atoms with Crippen molar-refractivity contribution < 1.29 is 17.9 Å². The van der Waals surface area contributed by atoms with Crippen molar-refractivity contribution in [2.24, 2.45) is 4.99 Å². The van der Waals surface area contributed by atoms with Crippen molar-refractivity contribution in [1.29, 1.82) is 0 Å². The molecule has 146 valence electrons. The Balaban J connectivity index is 1.98. The van der Waals surface area contributed by atoms with Crippen LogP contribution < -0.4 is 15.4 Å². The number of hydrogen-bond donors (Lipinski definition) is 2. The Kier molecular flexibility index (Phi) is 8.32. The van der Waals surface area contributed by atoms with Crippen molar-refractivity contribution in [3.05, 3.63) is 65.0 Å². The van der Waals surface area contributed by atoms with Gasteiger partial charge in [-0.2, -0.15) is 20.5 Å². The molecule has 2 aromatic carbocycles. The number of benzene rings is 2. The fraction of sp³-hybridized carbons (Fsp3) is 0.316. The second kappa shape index (κ2) is 10.7. The number of hydrogen-bond acceptors (Lipinski definition) is 3. The van der Waals surface area contributed by atoms with E-state index in [4.69, 9.17) is 0 Å². The number of ether oxygens (including phenoxy) is 1. The highest BCUT2D eigenvalue weighted by Gasteiger charge is 2.10. The summed E-state index contributed by atoms with van der Waals surface area (Å²) in [5.41, 5.74) is 2.47. The van der Waals surface area contributed by atoms with Crippen LogP contribution >= 0.6 is 11.8 Å². The van der Waals surface area contributed by atoms with E-state index < -0.39 is 6.61 Å². The van der Waals surface area contributed by atoms with E-state index in [1.807, 2.05) is 6.26 Å². The summed E-state index contributed by atoms with van der Waals surface area (Å²) < 4.78 is 43.0. The number of nitrogens with one attached hydrogen (secondary N) is 2. The Bertz CT molecular complexity index is 772. The molecule has 0 amide bonds. The quantitative estimate of drug-likeness (QED) is 0.519. The van der Waals surface area contributed by atoms with E-state index in [9.17, 15) is 13.2 Å². The Morgan fingerprint density at radius 2 is 1.78 bits per heavy atom. The number of halogens is 3. The van der Waals surface area contributed by atoms with Gasteiger partial charge in [-0.15, -0.1) is 0 Å². The van der Waals surface area contributed by atoms with Gasteiger partial charge >= 0.3 is 6.61 Å². The van der Waals surface area contributed by atoms with E-state index >= 15 is 0 Å². The van der Waals surface area contributed by atoms with Crippen LogP contribution in [0.1, 0.15) is 16.7 Å². The van der Waals surface area contributed by atoms with Gasteiger partial charge in [-0.3, -0.25) is 4.99 Å². The van der Waals surface area contributed by atoms with Crippen LogP contribution in [0.4, 0.5) is 13.2 Å². The van der Waals surface area contributed by atoms with Gasteiger partial charge < -0.3 is 15.4 Å². The minimum atomic E-state index is -2.88. The number of rotatable bonds is 8. The second-order valence-electron chi connectivity index (χ2n) is 5.61. The van der Waals surface area contributed by atoms with Crippen LogP contribution in [0, 0.1) is 5.82 Å². The van der Waals surface area contributed by atoms with E-state index in [1.54, 1.807) is 43.1 Å². The summed E-state index contributed by atoms with van der Waals surface area (Å²) in [5.74, 6) is 1.07. The first-order valence-electron chi connectivity index (χ1n) is 8.27. The molecule has 2 N–H and O–H groups in total. The normalized spacial score (nSPS) is 11.6. The van der Waals surface area contributed by atoms with E-state index in [0.717, 1.165) is 11.1 Å². The van der Waals surface area contributed by atoms with Gasteiger partial charge in [-0.1, -0.05) is 24.3 Å². The van der Waals surface area contributed by atoms with Crippen LogP contribution in [0.3, 0.4) is 0 Å². The molecule has 0 heterocycles. The maximum atomic E-state index is 13.4. The molecule has 2 aromatic rings. The van der Waals surface area contributed by atoms with Crippen molar-refractivity contribution in [2.45, 2.75) is 25.5 Å². The number of guanidine groups is 1. The van der Waals surface area contributed by atoms with Gasteiger partial charge in [-0.05, 0) is 35.6 Å². The summed E-state index contributed by atoms with van der Waals surface area (Å²) in [4.78, 5) is 4.13. The van der Waals surface area contributed by atoms with Gasteiger partial charge in [0.2, 0.25) is 0 Å². The second-order valence-corrected chi connectivity index (χ2v) is 6.48. The molecule has 0 saturated heterocycles. The lowest BCUT2D eigenvalue weighted by molar-refractivity contribution is -0.0504. The highest BCUT2D eigenvalue weighted by Crippen LogP contribution is 2.20. The largest absolute Gasteiger partial charge is 0.434 e. The van der Waals surface area contributed by atoms with Crippen molar-refractivity contribution in [3.63, 3.8) is 0 Å². The van der Waals surface area contributed by atoms with Crippen molar-refractivity contribution in [2.75, 3.05) is 13.3 Å². The molecule has 0 bridgehead atoms. The summed E-state index contributed by atoms with van der Waals surface area (Å²) in [6, 6.07) is 11.3. The maximum absolute atomic E-state index is 13.4. The molecule has 0 aliphatic heterocycles. The molecule has 27 heavy (non-hydrogen) atoms. The molecule has 2 rings (SSSR count). The van der Waals surface area contributed by atoms with Crippen LogP contribution in [0.25, 0.3) is 0 Å². The Morgan fingerprint density at radius 3 is 2.44 bits per heavy atom. The fourth-order valence-corrected chi connectivity index (χ4v) is 3.08. The highest BCUT2D eigenvalue weighted by atomic mass is 32.2. The van der Waals surface area contributed by atoms with Crippen molar-refractivity contribution >= 4 is 17.7 Å². The molecule has 0 spiro atoms. The zero-order valence-corrected chi connectivity index (χ0v) is 16.0. The SMILES string of the molecule is CN=C(NCc1ccc(F)cc1CSC)NCc1ccccc1OC(F)F. The molecule has 8 heteroatoms. The predicted molar refractivity (Wildman–Crippen MR) is 104 cm³/mol. The summed E-state index contributed by atoms with van der Waals surface area (Å²) >= 11 is 1.62. The lowest BCUT2D eigenvalue weighted by Crippen LogP contribution is -2.36. The molecular weight excluding hydrogens is 375 g/mol. The van der Waals surface area contributed by atoms with Crippen LogP contribution in [-0.2, 0) is 18.8 Å². The number of thioether (sulfide) groups is 1. The molecule has 0 radical (unpaired) electrons. The zero-order valence-electron chi connectivity index (χ0n) is 15.1. The third-order valence-corrected chi connectivity index (χ3v) is 4.37. The van der Waals surface area contributed by atoms with Gasteiger partial charge in [0.25, 0.3) is 0 Å². The third-order valence-electron chi connectivity index (χ3n) is 3.77. The average Bonchev–Trinajstić information content (AvgIpc) is 2.64. The lowest BCUT2D eigenvalue weighted by atomic mass is 10.1. The van der Waals surface area contributed by atoms with Crippen LogP contribution in [0.15, 0.2) is 47.5 Å². The average molecular weight is 397 g/mol. The maximum Gasteiger partial charge on any atom is 0.387 e. The standard InChI is InChI=1S/C19H22F3N3OS/c1-23-19(24-10-13-7-8-16(20)9-15(13)12-27-2)25-11-14-5-3-4-6-17(14)26-18(21)22/h3-9,18H,10-12H2,1-2H3,(H2,23,24,25). The molecule has 0 aliphatic rings. The monoisotopic (exact) mass is 397 g/mol. The van der Waals surface area contributed by atoms with Gasteiger partial charge in [0.1, 0.15) is 11.6 Å². The molecule has 0 atom stereocenters. The van der Waals surface area contributed by atoms with Gasteiger partial charge in [0, 0.05) is 31.5 Å². The van der Waals surface area contributed by atoms with Gasteiger partial charge in [0.05, 0.1) is 0 Å². The smallest absolute Gasteiger partial charge is 0.387 e. The van der Waals surface area contributed by atoms with E-state index in [-0.39, 0.29) is 18.1 Å². The van der Waals surface area contributed by atoms with Gasteiger partial charge in [-0.25, -0.2) is 4.39 Å². The van der Waals surface area contributed by atoms with Crippen LogP contribution in [0.5, 0.6) is 5.75 Å². The number of aliphatic imine (C=N–C) groups is 1. The van der Waals surface area contributed by atoms with Crippen molar-refractivity contribution in [3.8, 4) is 5.75 Å². The predicted octanol–water partition coefficient (Wildman–Crippen LogP) is 4.16. The summed E-state index contributed by atoms with van der Waals surface area (Å²) in [6.07, 6.45) is 1.96. The summed E-state index contributed by atoms with van der Waals surface area (Å²) in [7, 11) is 1.62. The first kappa shape index (κ1) is 21.0. The molecular formula is C19H22F3N3OS. The lowest BCUT2D eigenvalue weighted by Gasteiger charge is -2.15. The van der Waals surface area contributed by atoms with E-state index in [1.165, 1.54) is 18.2 Å². The van der Waals surface area contributed by atoms with Crippen LogP contribution in [-0.4, -0.2) is 25.9 Å². The number of alkyl halides is 2. The third kappa shape index (κ3) is 6.71. The minimum absolute atomic E-state index is 0.122. The molecule has 0 saturated carbocycles. The van der Waals surface area contributed by atoms with E-state index in [0.29, 0.717) is 23.8 Å². The molecule has 0 aliphatic carbocycles. The van der Waals surface area contributed by atoms with Crippen LogP contribution in [0.2, 0.25) is 0 Å². The highest BCUT2D eigenvalue weighted by molar-refractivity contribution is 7.97. The van der Waals surface area contributed by atoms with Crippen molar-refractivity contribution in [1.82, 2.24) is 10.6 Å². The topological polar surface area (TPSA) is 45.7 Å². The summed E-state index contributed by atoms with van der Waals surface area (Å²) in [5, 5.41) is 6.22. The van der Waals surface area contributed by atoms with Gasteiger partial charge in [0.15, 0.2) is 5.96 Å². The molecule has 0 fully saturated rings. The first-order valence-corrected chi connectivity index (χ1v) is 9.66. The number of para-hydroxylation sites is 1. The molecule has 0 aromatic heterocycles. The molecule has 4 nitrogen and oxygen atoms in total. The zero-order chi connectivity index (χ0) is 19.6. The Morgan fingerprint density at radius 1 is 1.07 bits per heavy atom. The summed E-state index contributed by atoms with van der Waals surface area (Å²) in [6.45, 7) is -2.15. The first-order chi connectivity index (χ1) is 13.0.